The lowest BCUT2D eigenvalue weighted by atomic mass is 10.1. The molecule has 1 amide bonds. The van der Waals surface area contributed by atoms with E-state index < -0.39 is 0 Å². The first-order valence-electron chi connectivity index (χ1n) is 7.67. The fourth-order valence-electron chi connectivity index (χ4n) is 2.61. The molecular weight excluding hydrogens is 298 g/mol. The first-order chi connectivity index (χ1) is 10.9. The summed E-state index contributed by atoms with van der Waals surface area (Å²) < 4.78 is 8.29. The van der Waals surface area contributed by atoms with Crippen LogP contribution in [0.3, 0.4) is 0 Å². The summed E-state index contributed by atoms with van der Waals surface area (Å²) in [6.07, 6.45) is 2.94. The Morgan fingerprint density at radius 2 is 2.00 bits per heavy atom. The Morgan fingerprint density at radius 3 is 2.65 bits per heavy atom. The van der Waals surface area contributed by atoms with Gasteiger partial charge in [-0.05, 0) is 20.8 Å². The van der Waals surface area contributed by atoms with Crippen molar-refractivity contribution in [2.45, 2.75) is 32.9 Å². The Morgan fingerprint density at radius 1 is 1.30 bits per heavy atom. The van der Waals surface area contributed by atoms with E-state index in [1.165, 1.54) is 17.1 Å². The Labute approximate surface area is 133 Å². The third kappa shape index (κ3) is 2.98. The van der Waals surface area contributed by atoms with E-state index in [0.717, 1.165) is 0 Å². The summed E-state index contributed by atoms with van der Waals surface area (Å²) in [5.41, 5.74) is 0.0291. The molecule has 2 aromatic heterocycles. The van der Waals surface area contributed by atoms with Gasteiger partial charge in [0.15, 0.2) is 5.65 Å². The quantitative estimate of drug-likeness (QED) is 0.790. The highest BCUT2D eigenvalue weighted by Gasteiger charge is 2.21. The van der Waals surface area contributed by atoms with Crippen molar-refractivity contribution < 1.29 is 9.53 Å². The van der Waals surface area contributed by atoms with Crippen molar-refractivity contribution in [3.05, 3.63) is 22.9 Å². The van der Waals surface area contributed by atoms with Gasteiger partial charge < -0.3 is 9.64 Å². The highest BCUT2D eigenvalue weighted by Crippen LogP contribution is 2.17. The Kier molecular flexibility index (Phi) is 3.93. The van der Waals surface area contributed by atoms with Crippen LogP contribution < -0.4 is 5.56 Å². The monoisotopic (exact) mass is 319 g/mol. The zero-order chi connectivity index (χ0) is 16.6. The number of nitrogens with zero attached hydrogens (tertiary/aromatic N) is 5. The number of carbonyl (C=O) groups excluding carboxylic acids is 1. The number of amides is 1. The molecule has 3 heterocycles. The zero-order valence-electron chi connectivity index (χ0n) is 13.7. The number of rotatable bonds is 2. The van der Waals surface area contributed by atoms with Gasteiger partial charge in [0.1, 0.15) is 18.3 Å². The maximum absolute atomic E-state index is 12.6. The summed E-state index contributed by atoms with van der Waals surface area (Å²) in [6, 6.07) is 0. The number of aromatic nitrogens is 4. The standard InChI is InChI=1S/C15H21N5O3/c1-15(2,3)20-13-11(8-17-20)14(22)19(10-16-13)9-12(21)18-4-6-23-7-5-18/h8,10H,4-7,9H2,1-3H3. The van der Waals surface area contributed by atoms with Crippen LogP contribution in [0.1, 0.15) is 20.8 Å². The second-order valence-corrected chi connectivity index (χ2v) is 6.64. The molecule has 0 atom stereocenters. The first kappa shape index (κ1) is 15.7. The van der Waals surface area contributed by atoms with Gasteiger partial charge in [-0.2, -0.15) is 5.10 Å². The van der Waals surface area contributed by atoms with Crippen LogP contribution in [0.5, 0.6) is 0 Å². The van der Waals surface area contributed by atoms with E-state index in [9.17, 15) is 9.59 Å². The number of carbonyl (C=O) groups is 1. The summed E-state index contributed by atoms with van der Waals surface area (Å²) in [6.45, 7) is 8.17. The first-order valence-corrected chi connectivity index (χ1v) is 7.67. The molecule has 0 radical (unpaired) electrons. The van der Waals surface area contributed by atoms with Gasteiger partial charge in [0.25, 0.3) is 5.56 Å². The highest BCUT2D eigenvalue weighted by molar-refractivity contribution is 5.77. The van der Waals surface area contributed by atoms with Crippen molar-refractivity contribution in [2.24, 2.45) is 0 Å². The summed E-state index contributed by atoms with van der Waals surface area (Å²) >= 11 is 0. The van der Waals surface area contributed by atoms with E-state index in [2.05, 4.69) is 10.1 Å². The van der Waals surface area contributed by atoms with Crippen LogP contribution in [0.15, 0.2) is 17.3 Å². The van der Waals surface area contributed by atoms with Gasteiger partial charge in [-0.3, -0.25) is 14.2 Å². The number of fused-ring (bicyclic) bond motifs is 1. The number of hydrogen-bond donors (Lipinski definition) is 0. The minimum absolute atomic E-state index is 0.0114. The molecule has 0 N–H and O–H groups in total. The minimum atomic E-state index is -0.267. The second kappa shape index (κ2) is 5.77. The third-order valence-electron chi connectivity index (χ3n) is 3.86. The van der Waals surface area contributed by atoms with Crippen LogP contribution in [0, 0.1) is 0 Å². The van der Waals surface area contributed by atoms with Crippen LogP contribution in [-0.4, -0.2) is 56.4 Å². The van der Waals surface area contributed by atoms with Crippen LogP contribution in [0.2, 0.25) is 0 Å². The van der Waals surface area contributed by atoms with Crippen molar-refractivity contribution >= 4 is 16.9 Å². The van der Waals surface area contributed by atoms with Crippen molar-refractivity contribution in [3.8, 4) is 0 Å². The molecule has 0 bridgehead atoms. The molecule has 0 spiro atoms. The average Bonchev–Trinajstić information content (AvgIpc) is 2.96. The van der Waals surface area contributed by atoms with E-state index in [1.807, 2.05) is 20.8 Å². The Hall–Kier alpha value is -2.22. The molecule has 1 aliphatic heterocycles. The fraction of sp³-hybridized carbons (Fsp3) is 0.600. The molecule has 1 fully saturated rings. The normalized spacial score (nSPS) is 16.0. The maximum Gasteiger partial charge on any atom is 0.264 e. The molecule has 0 saturated carbocycles. The molecule has 8 nitrogen and oxygen atoms in total. The predicted molar refractivity (Wildman–Crippen MR) is 84.2 cm³/mol. The second-order valence-electron chi connectivity index (χ2n) is 6.64. The smallest absolute Gasteiger partial charge is 0.264 e. The largest absolute Gasteiger partial charge is 0.378 e. The molecule has 23 heavy (non-hydrogen) atoms. The Bertz CT molecular complexity index is 780. The van der Waals surface area contributed by atoms with Gasteiger partial charge in [0.2, 0.25) is 5.91 Å². The third-order valence-corrected chi connectivity index (χ3v) is 3.86. The molecule has 0 aromatic carbocycles. The summed E-state index contributed by atoms with van der Waals surface area (Å²) in [4.78, 5) is 30.9. The maximum atomic E-state index is 12.6. The molecule has 124 valence electrons. The fourth-order valence-corrected chi connectivity index (χ4v) is 2.61. The number of ether oxygens (including phenoxy) is 1. The van der Waals surface area contributed by atoms with E-state index in [1.54, 1.807) is 9.58 Å². The lowest BCUT2D eigenvalue weighted by Gasteiger charge is -2.27. The summed E-state index contributed by atoms with van der Waals surface area (Å²) in [7, 11) is 0. The molecular formula is C15H21N5O3. The molecule has 3 rings (SSSR count). The lowest BCUT2D eigenvalue weighted by molar-refractivity contribution is -0.135. The summed E-state index contributed by atoms with van der Waals surface area (Å²) in [5, 5.41) is 4.69. The van der Waals surface area contributed by atoms with Crippen molar-refractivity contribution in [3.63, 3.8) is 0 Å². The number of morpholine rings is 1. The van der Waals surface area contributed by atoms with Gasteiger partial charge in [-0.25, -0.2) is 9.67 Å². The van der Waals surface area contributed by atoms with E-state index in [4.69, 9.17) is 4.74 Å². The molecule has 8 heteroatoms. The van der Waals surface area contributed by atoms with Gasteiger partial charge in [-0.1, -0.05) is 0 Å². The van der Waals surface area contributed by atoms with Crippen LogP contribution in [0.25, 0.3) is 11.0 Å². The SMILES string of the molecule is CC(C)(C)n1ncc2c(=O)n(CC(=O)N3CCOCC3)cnc21. The predicted octanol–water partition coefficient (Wildman–Crippen LogP) is 0.207. The average molecular weight is 319 g/mol. The Balaban J connectivity index is 1.89. The molecule has 1 saturated heterocycles. The van der Waals surface area contributed by atoms with Crippen LogP contribution in [0.4, 0.5) is 0 Å². The van der Waals surface area contributed by atoms with Gasteiger partial charge in [-0.15, -0.1) is 0 Å². The van der Waals surface area contributed by atoms with Crippen LogP contribution in [-0.2, 0) is 21.6 Å². The van der Waals surface area contributed by atoms with Gasteiger partial charge in [0, 0.05) is 13.1 Å². The topological polar surface area (TPSA) is 82.2 Å². The molecule has 0 unspecified atom stereocenters. The van der Waals surface area contributed by atoms with E-state index in [-0.39, 0.29) is 23.6 Å². The van der Waals surface area contributed by atoms with E-state index in [0.29, 0.717) is 37.3 Å². The zero-order valence-corrected chi connectivity index (χ0v) is 13.7. The van der Waals surface area contributed by atoms with Crippen LogP contribution >= 0.6 is 0 Å². The van der Waals surface area contributed by atoms with Gasteiger partial charge >= 0.3 is 0 Å². The minimum Gasteiger partial charge on any atom is -0.378 e. The molecule has 2 aromatic rings. The van der Waals surface area contributed by atoms with Crippen molar-refractivity contribution in [1.82, 2.24) is 24.2 Å². The van der Waals surface area contributed by atoms with Crippen molar-refractivity contribution in [2.75, 3.05) is 26.3 Å². The van der Waals surface area contributed by atoms with E-state index >= 15 is 0 Å². The molecule has 0 aliphatic carbocycles. The number of hydrogen-bond acceptors (Lipinski definition) is 5. The summed E-state index contributed by atoms with van der Waals surface area (Å²) in [5.74, 6) is -0.0974. The lowest BCUT2D eigenvalue weighted by Crippen LogP contribution is -2.43. The van der Waals surface area contributed by atoms with Gasteiger partial charge in [0.05, 0.1) is 24.9 Å². The highest BCUT2D eigenvalue weighted by atomic mass is 16.5. The molecule has 1 aliphatic rings. The van der Waals surface area contributed by atoms with Crippen molar-refractivity contribution in [1.29, 1.82) is 0 Å².